The van der Waals surface area contributed by atoms with E-state index in [4.69, 9.17) is 4.74 Å². The number of thiophene rings is 1. The van der Waals surface area contributed by atoms with E-state index >= 15 is 0 Å². The van der Waals surface area contributed by atoms with E-state index < -0.39 is 0 Å². The largest absolute Gasteiger partial charge is 0.379 e. The molecule has 0 saturated carbocycles. The Bertz CT molecular complexity index is 889. The fraction of sp³-hybridized carbons (Fsp3) is 0.364. The number of aryl methyl sites for hydroxylation is 1. The van der Waals surface area contributed by atoms with Crippen molar-refractivity contribution in [1.29, 1.82) is 0 Å². The number of ether oxygens (including phenoxy) is 1. The van der Waals surface area contributed by atoms with E-state index in [2.05, 4.69) is 39.9 Å². The zero-order valence-electron chi connectivity index (χ0n) is 15.3. The zero-order chi connectivity index (χ0) is 18.5. The van der Waals surface area contributed by atoms with Gasteiger partial charge in [0.2, 0.25) is 5.91 Å². The zero-order valence-corrected chi connectivity index (χ0v) is 16.1. The monoisotopic (exact) mass is 380 g/mol. The summed E-state index contributed by atoms with van der Waals surface area (Å²) < 4.78 is 5.69. The van der Waals surface area contributed by atoms with E-state index in [0.29, 0.717) is 25.6 Å². The molecule has 1 saturated heterocycles. The molecule has 5 heteroatoms. The van der Waals surface area contributed by atoms with E-state index in [1.165, 1.54) is 15.8 Å². The molecule has 0 radical (unpaired) electrons. The van der Waals surface area contributed by atoms with Crippen molar-refractivity contribution < 1.29 is 9.53 Å². The van der Waals surface area contributed by atoms with Crippen LogP contribution >= 0.6 is 11.3 Å². The Labute approximate surface area is 163 Å². The van der Waals surface area contributed by atoms with E-state index in [1.807, 2.05) is 24.4 Å². The second-order valence-electron chi connectivity index (χ2n) is 7.10. The normalized spacial score (nSPS) is 19.4. The van der Waals surface area contributed by atoms with E-state index in [1.54, 1.807) is 11.3 Å². The van der Waals surface area contributed by atoms with Gasteiger partial charge in [-0.05, 0) is 48.4 Å². The lowest BCUT2D eigenvalue weighted by Crippen LogP contribution is -2.40. The van der Waals surface area contributed by atoms with Crippen LogP contribution in [0.25, 0.3) is 10.9 Å². The summed E-state index contributed by atoms with van der Waals surface area (Å²) in [7, 11) is 0. The molecular weight excluding hydrogens is 356 g/mol. The molecule has 0 unspecified atom stereocenters. The van der Waals surface area contributed by atoms with Gasteiger partial charge in [-0.1, -0.05) is 24.3 Å². The van der Waals surface area contributed by atoms with Gasteiger partial charge in [0, 0.05) is 28.8 Å². The number of benzene rings is 1. The molecule has 1 aliphatic rings. The summed E-state index contributed by atoms with van der Waals surface area (Å²) in [6.07, 6.45) is 5.19. The number of carbonyl (C=O) groups excluding carboxylic acids is 1. The smallest absolute Gasteiger partial charge is 0.220 e. The number of hydrogen-bond donors (Lipinski definition) is 1. The van der Waals surface area contributed by atoms with Crippen LogP contribution in [0.15, 0.2) is 54.0 Å². The summed E-state index contributed by atoms with van der Waals surface area (Å²) in [5.74, 6) is 0.434. The van der Waals surface area contributed by atoms with Crippen molar-refractivity contribution in [3.8, 4) is 0 Å². The number of aromatic nitrogens is 1. The van der Waals surface area contributed by atoms with E-state index in [-0.39, 0.29) is 11.9 Å². The van der Waals surface area contributed by atoms with Crippen molar-refractivity contribution in [2.24, 2.45) is 5.92 Å². The molecular formula is C22H24N2O2S. The van der Waals surface area contributed by atoms with Crippen LogP contribution in [0.1, 0.15) is 23.3 Å². The second-order valence-corrected chi connectivity index (χ2v) is 8.13. The van der Waals surface area contributed by atoms with Crippen LogP contribution in [0.4, 0.5) is 0 Å². The quantitative estimate of drug-likeness (QED) is 0.674. The third-order valence-corrected chi connectivity index (χ3v) is 6.11. The minimum Gasteiger partial charge on any atom is -0.379 e. The molecule has 1 N–H and O–H groups in total. The van der Waals surface area contributed by atoms with Gasteiger partial charge >= 0.3 is 0 Å². The van der Waals surface area contributed by atoms with Gasteiger partial charge in [-0.15, -0.1) is 11.3 Å². The van der Waals surface area contributed by atoms with E-state index in [9.17, 15) is 4.79 Å². The molecule has 2 atom stereocenters. The molecule has 3 heterocycles. The van der Waals surface area contributed by atoms with Gasteiger partial charge < -0.3 is 10.1 Å². The van der Waals surface area contributed by atoms with Gasteiger partial charge in [0.25, 0.3) is 0 Å². The molecule has 1 aromatic carbocycles. The number of rotatable bonds is 7. The number of carbonyl (C=O) groups is 1. The van der Waals surface area contributed by atoms with Crippen LogP contribution in [-0.2, 0) is 22.4 Å². The maximum atomic E-state index is 12.4. The summed E-state index contributed by atoms with van der Waals surface area (Å²) in [5.41, 5.74) is 2.29. The highest BCUT2D eigenvalue weighted by atomic mass is 32.1. The fourth-order valence-corrected chi connectivity index (χ4v) is 4.48. The molecule has 1 amide bonds. The summed E-state index contributed by atoms with van der Waals surface area (Å²) in [4.78, 5) is 18.1. The number of pyridine rings is 1. The highest BCUT2D eigenvalue weighted by Gasteiger charge is 2.29. The lowest BCUT2D eigenvalue weighted by Gasteiger charge is -2.20. The summed E-state index contributed by atoms with van der Waals surface area (Å²) in [6, 6.07) is 14.6. The number of hydrogen-bond acceptors (Lipinski definition) is 4. The standard InChI is InChI=1S/C22H24N2O2S/c25-22(9-3-5-18-6-4-12-27-18)24-21-15-26-14-17(21)13-16-10-11-23-20-8-2-1-7-19(16)20/h1-2,4,6-8,10-12,17,21H,3,5,9,13-15H2,(H,24,25)/t17-,21-/m1/s1. The first-order valence-corrected chi connectivity index (χ1v) is 10.4. The van der Waals surface area contributed by atoms with Crippen LogP contribution in [0, 0.1) is 5.92 Å². The summed E-state index contributed by atoms with van der Waals surface area (Å²) in [6.45, 7) is 1.29. The van der Waals surface area contributed by atoms with Crippen molar-refractivity contribution >= 4 is 28.1 Å². The number of nitrogens with zero attached hydrogens (tertiary/aromatic N) is 1. The van der Waals surface area contributed by atoms with Crippen molar-refractivity contribution in [2.75, 3.05) is 13.2 Å². The lowest BCUT2D eigenvalue weighted by molar-refractivity contribution is -0.122. The third-order valence-electron chi connectivity index (χ3n) is 5.17. The van der Waals surface area contributed by atoms with Gasteiger partial charge in [-0.2, -0.15) is 0 Å². The third kappa shape index (κ3) is 4.54. The molecule has 140 valence electrons. The highest BCUT2D eigenvalue weighted by molar-refractivity contribution is 7.09. The Balaban J connectivity index is 1.34. The van der Waals surface area contributed by atoms with Crippen molar-refractivity contribution in [3.05, 3.63) is 64.5 Å². The first-order chi connectivity index (χ1) is 13.3. The van der Waals surface area contributed by atoms with Crippen LogP contribution in [0.3, 0.4) is 0 Å². The van der Waals surface area contributed by atoms with Crippen molar-refractivity contribution in [2.45, 2.75) is 31.7 Å². The predicted octanol–water partition coefficient (Wildman–Crippen LogP) is 3.99. The SMILES string of the molecule is O=C(CCCc1cccs1)N[C@@H]1COC[C@H]1Cc1ccnc2ccccc12. The number of fused-ring (bicyclic) bond motifs is 1. The Morgan fingerprint density at radius 2 is 2.11 bits per heavy atom. The number of para-hydroxylation sites is 1. The van der Waals surface area contributed by atoms with Gasteiger partial charge in [0.05, 0.1) is 24.8 Å². The average molecular weight is 381 g/mol. The molecule has 27 heavy (non-hydrogen) atoms. The molecule has 3 aromatic rings. The Hall–Kier alpha value is -2.24. The minimum atomic E-state index is 0.0890. The molecule has 4 nitrogen and oxygen atoms in total. The number of nitrogens with one attached hydrogen (secondary N) is 1. The second kappa shape index (κ2) is 8.63. The van der Waals surface area contributed by atoms with Gasteiger partial charge in [-0.25, -0.2) is 0 Å². The van der Waals surface area contributed by atoms with Gasteiger partial charge in [-0.3, -0.25) is 9.78 Å². The summed E-state index contributed by atoms with van der Waals surface area (Å²) in [5, 5.41) is 6.47. The molecule has 4 rings (SSSR count). The Morgan fingerprint density at radius 3 is 3.00 bits per heavy atom. The van der Waals surface area contributed by atoms with Crippen LogP contribution < -0.4 is 5.32 Å². The first-order valence-electron chi connectivity index (χ1n) is 9.52. The molecule has 2 aromatic heterocycles. The average Bonchev–Trinajstić information content (AvgIpc) is 3.35. The van der Waals surface area contributed by atoms with Gasteiger partial charge in [0.1, 0.15) is 0 Å². The van der Waals surface area contributed by atoms with Crippen molar-refractivity contribution in [1.82, 2.24) is 10.3 Å². The molecule has 1 fully saturated rings. The maximum Gasteiger partial charge on any atom is 0.220 e. The first kappa shape index (κ1) is 18.1. The summed E-state index contributed by atoms with van der Waals surface area (Å²) >= 11 is 1.75. The fourth-order valence-electron chi connectivity index (χ4n) is 3.73. The molecule has 1 aliphatic heterocycles. The lowest BCUT2D eigenvalue weighted by atomic mass is 9.93. The van der Waals surface area contributed by atoms with Crippen LogP contribution in [-0.4, -0.2) is 30.1 Å². The van der Waals surface area contributed by atoms with Gasteiger partial charge in [0.15, 0.2) is 0 Å². The molecule has 0 spiro atoms. The van der Waals surface area contributed by atoms with Crippen molar-refractivity contribution in [3.63, 3.8) is 0 Å². The highest BCUT2D eigenvalue weighted by Crippen LogP contribution is 2.24. The topological polar surface area (TPSA) is 51.2 Å². The predicted molar refractivity (Wildman–Crippen MR) is 109 cm³/mol. The van der Waals surface area contributed by atoms with Crippen LogP contribution in [0.5, 0.6) is 0 Å². The van der Waals surface area contributed by atoms with Crippen LogP contribution in [0.2, 0.25) is 0 Å². The minimum absolute atomic E-state index is 0.0890. The maximum absolute atomic E-state index is 12.4. The Kier molecular flexibility index (Phi) is 5.80. The van der Waals surface area contributed by atoms with E-state index in [0.717, 1.165) is 24.8 Å². The molecule has 0 bridgehead atoms. The Morgan fingerprint density at radius 1 is 1.19 bits per heavy atom. The number of amides is 1. The molecule has 0 aliphatic carbocycles.